The molecule has 0 bridgehead atoms. The molecule has 5 nitrogen and oxygen atoms in total. The normalized spacial score (nSPS) is 23.3. The van der Waals surface area contributed by atoms with Crippen LogP contribution in [0.5, 0.6) is 0 Å². The number of carbonyl (C=O) groups excluding carboxylic acids is 1. The average molecular weight is 317 g/mol. The minimum absolute atomic E-state index is 0.292. The molecule has 1 saturated carbocycles. The van der Waals surface area contributed by atoms with E-state index in [9.17, 15) is 4.79 Å². The van der Waals surface area contributed by atoms with Crippen molar-refractivity contribution in [1.82, 2.24) is 15.4 Å². The van der Waals surface area contributed by atoms with Gasteiger partial charge >= 0.3 is 0 Å². The van der Waals surface area contributed by atoms with Gasteiger partial charge in [-0.2, -0.15) is 0 Å². The summed E-state index contributed by atoms with van der Waals surface area (Å²) in [5.41, 5.74) is 2.52. The molecule has 0 atom stereocenters. The van der Waals surface area contributed by atoms with Crippen molar-refractivity contribution in [2.24, 2.45) is 5.92 Å². The molecule has 0 spiro atoms. The van der Waals surface area contributed by atoms with E-state index in [2.05, 4.69) is 15.4 Å². The van der Waals surface area contributed by atoms with E-state index in [1.807, 2.05) is 0 Å². The molecular formula is C18H27N3O2. The van der Waals surface area contributed by atoms with Crippen molar-refractivity contribution in [3.8, 4) is 0 Å². The van der Waals surface area contributed by atoms with Gasteiger partial charge in [-0.1, -0.05) is 11.6 Å². The minimum atomic E-state index is 0.292. The summed E-state index contributed by atoms with van der Waals surface area (Å²) in [6, 6.07) is 0.366. The zero-order chi connectivity index (χ0) is 15.6. The molecule has 1 N–H and O–H groups in total. The summed E-state index contributed by atoms with van der Waals surface area (Å²) in [5.74, 6) is 1.71. The van der Waals surface area contributed by atoms with Crippen LogP contribution in [0, 0.1) is 5.92 Å². The van der Waals surface area contributed by atoms with Gasteiger partial charge in [-0.05, 0) is 44.9 Å². The first-order valence-electron chi connectivity index (χ1n) is 9.28. The molecule has 126 valence electrons. The lowest BCUT2D eigenvalue weighted by Crippen LogP contribution is -2.47. The standard InChI is InChI=1S/C18H27N3O2/c22-18(13-4-3-5-13)19-14-8-10-21(11-9-14)12-16-15-6-1-2-7-17(15)23-20-16/h13-14H,1-12H2,(H,19,22). The molecule has 2 heterocycles. The van der Waals surface area contributed by atoms with Crippen LogP contribution in [0.15, 0.2) is 4.52 Å². The Morgan fingerprint density at radius 1 is 1.13 bits per heavy atom. The maximum atomic E-state index is 12.0. The summed E-state index contributed by atoms with van der Waals surface area (Å²) in [6.45, 7) is 2.98. The Bertz CT molecular complexity index is 557. The largest absolute Gasteiger partial charge is 0.361 e. The van der Waals surface area contributed by atoms with E-state index in [4.69, 9.17) is 4.52 Å². The van der Waals surface area contributed by atoms with Crippen LogP contribution < -0.4 is 5.32 Å². The van der Waals surface area contributed by atoms with Crippen molar-refractivity contribution < 1.29 is 9.32 Å². The number of amides is 1. The lowest BCUT2D eigenvalue weighted by molar-refractivity contribution is -0.128. The van der Waals surface area contributed by atoms with Gasteiger partial charge in [-0.15, -0.1) is 0 Å². The molecule has 1 amide bonds. The molecule has 1 aliphatic heterocycles. The molecule has 3 aliphatic rings. The van der Waals surface area contributed by atoms with Gasteiger partial charge in [-0.25, -0.2) is 0 Å². The maximum Gasteiger partial charge on any atom is 0.223 e. The van der Waals surface area contributed by atoms with Gasteiger partial charge in [0.25, 0.3) is 0 Å². The van der Waals surface area contributed by atoms with Crippen molar-refractivity contribution in [3.63, 3.8) is 0 Å². The molecule has 0 radical (unpaired) electrons. The second-order valence-corrected chi connectivity index (χ2v) is 7.42. The summed E-state index contributed by atoms with van der Waals surface area (Å²) < 4.78 is 5.51. The van der Waals surface area contributed by atoms with Crippen LogP contribution in [0.2, 0.25) is 0 Å². The Hall–Kier alpha value is -1.36. The van der Waals surface area contributed by atoms with Crippen molar-refractivity contribution in [2.75, 3.05) is 13.1 Å². The number of likely N-dealkylation sites (tertiary alicyclic amines) is 1. The number of carbonyl (C=O) groups is 1. The van der Waals surface area contributed by atoms with E-state index in [1.54, 1.807) is 0 Å². The summed E-state index contributed by atoms with van der Waals surface area (Å²) in [5, 5.41) is 7.57. The average Bonchev–Trinajstić information content (AvgIpc) is 2.91. The van der Waals surface area contributed by atoms with Crippen LogP contribution in [-0.2, 0) is 24.2 Å². The molecule has 2 aliphatic carbocycles. The Morgan fingerprint density at radius 3 is 2.65 bits per heavy atom. The van der Waals surface area contributed by atoms with E-state index in [0.717, 1.165) is 69.6 Å². The topological polar surface area (TPSA) is 58.4 Å². The fourth-order valence-electron chi connectivity index (χ4n) is 4.01. The van der Waals surface area contributed by atoms with Crippen LogP contribution >= 0.6 is 0 Å². The van der Waals surface area contributed by atoms with E-state index in [1.165, 1.54) is 24.8 Å². The Kier molecular flexibility index (Phi) is 4.38. The fourth-order valence-corrected chi connectivity index (χ4v) is 4.01. The monoisotopic (exact) mass is 317 g/mol. The number of hydrogen-bond donors (Lipinski definition) is 1. The molecule has 1 saturated heterocycles. The second-order valence-electron chi connectivity index (χ2n) is 7.42. The van der Waals surface area contributed by atoms with Gasteiger partial charge in [0.05, 0.1) is 0 Å². The number of piperidine rings is 1. The third-order valence-corrected chi connectivity index (χ3v) is 5.81. The van der Waals surface area contributed by atoms with Gasteiger partial charge in [0.15, 0.2) is 0 Å². The number of rotatable bonds is 4. The second kappa shape index (κ2) is 6.63. The highest BCUT2D eigenvalue weighted by Crippen LogP contribution is 2.28. The highest BCUT2D eigenvalue weighted by molar-refractivity contribution is 5.79. The smallest absolute Gasteiger partial charge is 0.223 e. The molecule has 2 fully saturated rings. The Balaban J connectivity index is 1.26. The summed E-state index contributed by atoms with van der Waals surface area (Å²) in [6.07, 6.45) is 10.2. The molecule has 4 rings (SSSR count). The number of nitrogens with one attached hydrogen (secondary N) is 1. The van der Waals surface area contributed by atoms with Crippen LogP contribution in [0.4, 0.5) is 0 Å². The van der Waals surface area contributed by atoms with Gasteiger partial charge in [0.1, 0.15) is 11.5 Å². The summed E-state index contributed by atoms with van der Waals surface area (Å²) in [7, 11) is 0. The van der Waals surface area contributed by atoms with Gasteiger partial charge in [0.2, 0.25) is 5.91 Å². The van der Waals surface area contributed by atoms with Crippen molar-refractivity contribution >= 4 is 5.91 Å². The highest BCUT2D eigenvalue weighted by Gasteiger charge is 2.29. The summed E-state index contributed by atoms with van der Waals surface area (Å²) in [4.78, 5) is 14.5. The first-order valence-corrected chi connectivity index (χ1v) is 9.28. The lowest BCUT2D eigenvalue weighted by atomic mass is 9.84. The Labute approximate surface area is 137 Å². The van der Waals surface area contributed by atoms with Gasteiger partial charge < -0.3 is 9.84 Å². The zero-order valence-electron chi connectivity index (χ0n) is 13.9. The molecule has 0 aromatic carbocycles. The molecule has 23 heavy (non-hydrogen) atoms. The molecular weight excluding hydrogens is 290 g/mol. The van der Waals surface area contributed by atoms with E-state index >= 15 is 0 Å². The predicted octanol–water partition coefficient (Wildman–Crippen LogP) is 2.43. The molecule has 0 unspecified atom stereocenters. The number of fused-ring (bicyclic) bond motifs is 1. The van der Waals surface area contributed by atoms with Crippen LogP contribution in [0.25, 0.3) is 0 Å². The number of nitrogens with zero attached hydrogens (tertiary/aromatic N) is 2. The quantitative estimate of drug-likeness (QED) is 0.926. The number of aromatic nitrogens is 1. The number of aryl methyl sites for hydroxylation is 1. The van der Waals surface area contributed by atoms with Crippen LogP contribution in [0.1, 0.15) is 62.0 Å². The van der Waals surface area contributed by atoms with Gasteiger partial charge in [-0.3, -0.25) is 9.69 Å². The third kappa shape index (κ3) is 3.30. The lowest BCUT2D eigenvalue weighted by Gasteiger charge is -2.34. The highest BCUT2D eigenvalue weighted by atomic mass is 16.5. The Morgan fingerprint density at radius 2 is 1.91 bits per heavy atom. The summed E-state index contributed by atoms with van der Waals surface area (Å²) >= 11 is 0. The minimum Gasteiger partial charge on any atom is -0.361 e. The predicted molar refractivity (Wildman–Crippen MR) is 86.9 cm³/mol. The van der Waals surface area contributed by atoms with Gasteiger partial charge in [0, 0.05) is 43.6 Å². The SMILES string of the molecule is O=C(NC1CCN(Cc2noc3c2CCCC3)CC1)C1CCC1. The van der Waals surface area contributed by atoms with E-state index in [-0.39, 0.29) is 0 Å². The van der Waals surface area contributed by atoms with Crippen LogP contribution in [-0.4, -0.2) is 35.1 Å². The van der Waals surface area contributed by atoms with Crippen molar-refractivity contribution in [2.45, 2.75) is 70.4 Å². The molecule has 5 heteroatoms. The molecule has 1 aromatic heterocycles. The zero-order valence-corrected chi connectivity index (χ0v) is 13.9. The van der Waals surface area contributed by atoms with Crippen molar-refractivity contribution in [1.29, 1.82) is 0 Å². The first-order chi connectivity index (χ1) is 11.3. The van der Waals surface area contributed by atoms with Crippen LogP contribution in [0.3, 0.4) is 0 Å². The fraction of sp³-hybridized carbons (Fsp3) is 0.778. The number of hydrogen-bond acceptors (Lipinski definition) is 4. The van der Waals surface area contributed by atoms with E-state index in [0.29, 0.717) is 17.9 Å². The van der Waals surface area contributed by atoms with E-state index < -0.39 is 0 Å². The van der Waals surface area contributed by atoms with Crippen molar-refractivity contribution in [3.05, 3.63) is 17.0 Å². The third-order valence-electron chi connectivity index (χ3n) is 5.81. The maximum absolute atomic E-state index is 12.0. The first kappa shape index (κ1) is 15.2. The molecule has 1 aromatic rings.